The normalized spacial score (nSPS) is 17.8. The lowest BCUT2D eigenvalue weighted by Gasteiger charge is -2.21. The third-order valence-corrected chi connectivity index (χ3v) is 6.12. The Hall–Kier alpha value is 0.430. The van der Waals surface area contributed by atoms with Crippen molar-refractivity contribution in [1.29, 1.82) is 0 Å². The van der Waals surface area contributed by atoms with Crippen LogP contribution in [-0.4, -0.2) is 11.8 Å². The Morgan fingerprint density at radius 3 is 1.89 bits per heavy atom. The van der Waals surface area contributed by atoms with Gasteiger partial charge in [0.05, 0.1) is 0 Å². The van der Waals surface area contributed by atoms with Crippen LogP contribution in [0.5, 0.6) is 0 Å². The van der Waals surface area contributed by atoms with Gasteiger partial charge in [0.25, 0.3) is 0 Å². The highest BCUT2D eigenvalue weighted by atomic mass is 31.1. The summed E-state index contributed by atoms with van der Waals surface area (Å²) in [5.74, 6) is 0. The maximum Gasteiger partial charge on any atom is -0.0237 e. The van der Waals surface area contributed by atoms with Crippen LogP contribution in [0.25, 0.3) is 0 Å². The van der Waals surface area contributed by atoms with Crippen LogP contribution in [0.2, 0.25) is 0 Å². The fourth-order valence-corrected chi connectivity index (χ4v) is 4.73. The van der Waals surface area contributed by atoms with Crippen LogP contribution in [0.4, 0.5) is 0 Å². The molecule has 0 aliphatic heterocycles. The van der Waals surface area contributed by atoms with Crippen LogP contribution in [-0.2, 0) is 0 Å². The summed E-state index contributed by atoms with van der Waals surface area (Å²) in [6.45, 7) is 2.30. The lowest BCUT2D eigenvalue weighted by Crippen LogP contribution is -2.06. The van der Waals surface area contributed by atoms with Crippen molar-refractivity contribution in [2.45, 2.75) is 102 Å². The van der Waals surface area contributed by atoms with Crippen molar-refractivity contribution in [3.05, 3.63) is 0 Å². The van der Waals surface area contributed by atoms with E-state index < -0.39 is 0 Å². The number of rotatable bonds is 11. The molecule has 108 valence electrons. The first-order chi connectivity index (χ1) is 8.93. The molecule has 0 radical (unpaired) electrons. The van der Waals surface area contributed by atoms with Gasteiger partial charge in [-0.2, -0.15) is 0 Å². The predicted octanol–water partition coefficient (Wildman–Crippen LogP) is 6.53. The van der Waals surface area contributed by atoms with Gasteiger partial charge in [-0.25, -0.2) is 0 Å². The molecule has 0 aromatic heterocycles. The molecule has 1 unspecified atom stereocenters. The standard InChI is InChI=1S/C17H35P/c1-2-3-4-5-6-7-8-9-13-16-18-17-14-11-10-12-15-17/h17-18H,2-16H2,1H3. The molecule has 1 rings (SSSR count). The van der Waals surface area contributed by atoms with E-state index in [4.69, 9.17) is 0 Å². The van der Waals surface area contributed by atoms with Gasteiger partial charge in [-0.15, -0.1) is 8.58 Å². The van der Waals surface area contributed by atoms with E-state index in [1.165, 1.54) is 85.6 Å². The topological polar surface area (TPSA) is 0 Å². The molecule has 0 saturated heterocycles. The van der Waals surface area contributed by atoms with Crippen molar-refractivity contribution < 1.29 is 0 Å². The molecule has 0 spiro atoms. The third kappa shape index (κ3) is 9.37. The minimum atomic E-state index is 1.13. The van der Waals surface area contributed by atoms with Crippen molar-refractivity contribution in [1.82, 2.24) is 0 Å². The summed E-state index contributed by atoms with van der Waals surface area (Å²) < 4.78 is 0. The zero-order chi connectivity index (χ0) is 12.9. The van der Waals surface area contributed by atoms with E-state index in [-0.39, 0.29) is 0 Å². The van der Waals surface area contributed by atoms with E-state index in [1.807, 2.05) is 0 Å². The van der Waals surface area contributed by atoms with Gasteiger partial charge in [-0.3, -0.25) is 0 Å². The summed E-state index contributed by atoms with van der Waals surface area (Å²) in [5.41, 5.74) is 1.13. The molecule has 1 atom stereocenters. The summed E-state index contributed by atoms with van der Waals surface area (Å²) in [5, 5.41) is 0. The zero-order valence-electron chi connectivity index (χ0n) is 12.7. The van der Waals surface area contributed by atoms with E-state index >= 15 is 0 Å². The Morgan fingerprint density at radius 1 is 0.722 bits per heavy atom. The number of hydrogen-bond acceptors (Lipinski definition) is 0. The first-order valence-electron chi connectivity index (χ1n) is 8.67. The van der Waals surface area contributed by atoms with Crippen LogP contribution in [0.15, 0.2) is 0 Å². The fraction of sp³-hybridized carbons (Fsp3) is 1.00. The van der Waals surface area contributed by atoms with Gasteiger partial charge in [0.2, 0.25) is 0 Å². The smallest absolute Gasteiger partial charge is 0.0237 e. The second kappa shape index (κ2) is 12.5. The van der Waals surface area contributed by atoms with Gasteiger partial charge in [0, 0.05) is 0 Å². The molecule has 0 N–H and O–H groups in total. The lowest BCUT2D eigenvalue weighted by atomic mass is 10.0. The van der Waals surface area contributed by atoms with Crippen LogP contribution in [0.1, 0.15) is 96.8 Å². The maximum atomic E-state index is 2.30. The van der Waals surface area contributed by atoms with E-state index in [1.54, 1.807) is 19.0 Å². The molecular formula is C17H35P. The van der Waals surface area contributed by atoms with E-state index in [2.05, 4.69) is 6.92 Å². The number of unbranched alkanes of at least 4 members (excludes halogenated alkanes) is 8. The van der Waals surface area contributed by atoms with Crippen molar-refractivity contribution in [2.24, 2.45) is 0 Å². The summed E-state index contributed by atoms with van der Waals surface area (Å²) >= 11 is 0. The Balaban J connectivity index is 1.73. The molecule has 1 heteroatoms. The average molecular weight is 270 g/mol. The summed E-state index contributed by atoms with van der Waals surface area (Å²) in [7, 11) is 1.29. The van der Waals surface area contributed by atoms with Crippen LogP contribution in [0, 0.1) is 0 Å². The Bertz CT molecular complexity index is 161. The molecule has 1 fully saturated rings. The summed E-state index contributed by atoms with van der Waals surface area (Å²) in [4.78, 5) is 0. The predicted molar refractivity (Wildman–Crippen MR) is 87.3 cm³/mol. The highest BCUT2D eigenvalue weighted by molar-refractivity contribution is 7.38. The molecule has 0 heterocycles. The zero-order valence-corrected chi connectivity index (χ0v) is 13.7. The monoisotopic (exact) mass is 270 g/mol. The largest absolute Gasteiger partial charge is 0.119 e. The Labute approximate surface area is 117 Å². The highest BCUT2D eigenvalue weighted by Crippen LogP contribution is 2.33. The highest BCUT2D eigenvalue weighted by Gasteiger charge is 2.12. The molecule has 1 saturated carbocycles. The van der Waals surface area contributed by atoms with Crippen molar-refractivity contribution in [3.63, 3.8) is 0 Å². The lowest BCUT2D eigenvalue weighted by molar-refractivity contribution is 0.512. The van der Waals surface area contributed by atoms with E-state index in [0.717, 1.165) is 5.66 Å². The Morgan fingerprint density at radius 2 is 1.28 bits per heavy atom. The van der Waals surface area contributed by atoms with E-state index in [9.17, 15) is 0 Å². The van der Waals surface area contributed by atoms with Gasteiger partial charge in [-0.05, 0) is 31.1 Å². The third-order valence-electron chi connectivity index (χ3n) is 4.32. The molecule has 18 heavy (non-hydrogen) atoms. The molecule has 0 aromatic carbocycles. The molecule has 0 amide bonds. The molecule has 1 aliphatic carbocycles. The van der Waals surface area contributed by atoms with Crippen LogP contribution >= 0.6 is 8.58 Å². The minimum Gasteiger partial charge on any atom is -0.119 e. The molecule has 0 bridgehead atoms. The minimum absolute atomic E-state index is 1.13. The van der Waals surface area contributed by atoms with Gasteiger partial charge in [0.15, 0.2) is 0 Å². The van der Waals surface area contributed by atoms with Crippen molar-refractivity contribution in [3.8, 4) is 0 Å². The quantitative estimate of drug-likeness (QED) is 0.296. The van der Waals surface area contributed by atoms with Gasteiger partial charge in [-0.1, -0.05) is 77.6 Å². The van der Waals surface area contributed by atoms with Gasteiger partial charge >= 0.3 is 0 Å². The van der Waals surface area contributed by atoms with Gasteiger partial charge in [0.1, 0.15) is 0 Å². The first kappa shape index (κ1) is 16.5. The van der Waals surface area contributed by atoms with Gasteiger partial charge < -0.3 is 0 Å². The second-order valence-electron chi connectivity index (χ2n) is 6.12. The second-order valence-corrected chi connectivity index (χ2v) is 7.84. The molecule has 1 aliphatic rings. The van der Waals surface area contributed by atoms with Crippen molar-refractivity contribution in [2.75, 3.05) is 6.16 Å². The average Bonchev–Trinajstić information content (AvgIpc) is 2.42. The van der Waals surface area contributed by atoms with Crippen molar-refractivity contribution >= 4 is 8.58 Å². The van der Waals surface area contributed by atoms with E-state index in [0.29, 0.717) is 0 Å². The fourth-order valence-electron chi connectivity index (χ4n) is 3.05. The van der Waals surface area contributed by atoms with Crippen LogP contribution < -0.4 is 0 Å². The summed E-state index contributed by atoms with van der Waals surface area (Å²) in [6.07, 6.45) is 22.5. The maximum absolute atomic E-state index is 2.30. The molecule has 0 aromatic rings. The number of hydrogen-bond donors (Lipinski definition) is 0. The first-order valence-corrected chi connectivity index (χ1v) is 9.95. The molecular weight excluding hydrogens is 235 g/mol. The van der Waals surface area contributed by atoms with Crippen LogP contribution in [0.3, 0.4) is 0 Å². The molecule has 0 nitrogen and oxygen atoms in total. The summed E-state index contributed by atoms with van der Waals surface area (Å²) in [6, 6.07) is 0. The SMILES string of the molecule is CCCCCCCCCCCPC1CCCCC1. The Kier molecular flexibility index (Phi) is 11.4.